The number of anilines is 1. The monoisotopic (exact) mass is 379 g/mol. The van der Waals surface area contributed by atoms with Crippen LogP contribution in [0.2, 0.25) is 0 Å². The largest absolute Gasteiger partial charge is 0.379 e. The van der Waals surface area contributed by atoms with Crippen molar-refractivity contribution in [3.8, 4) is 0 Å². The van der Waals surface area contributed by atoms with E-state index < -0.39 is 29.0 Å². The number of morpholine rings is 1. The van der Waals surface area contributed by atoms with E-state index in [0.717, 1.165) is 31.3 Å². The quantitative estimate of drug-likeness (QED) is 0.696. The molecule has 10 heteroatoms. The lowest BCUT2D eigenvalue weighted by molar-refractivity contribution is 0.0383. The highest BCUT2D eigenvalue weighted by molar-refractivity contribution is 6.08. The summed E-state index contributed by atoms with van der Waals surface area (Å²) in [5.74, 6) is -3.47. The first-order valence-electron chi connectivity index (χ1n) is 8.43. The van der Waals surface area contributed by atoms with Crippen molar-refractivity contribution in [2.75, 3.05) is 44.7 Å². The van der Waals surface area contributed by atoms with Crippen molar-refractivity contribution < 1.29 is 23.1 Å². The summed E-state index contributed by atoms with van der Waals surface area (Å²) in [6.45, 7) is 3.98. The number of H-pyrrole nitrogens is 1. The van der Waals surface area contributed by atoms with E-state index in [1.165, 1.54) is 6.20 Å². The molecule has 2 aromatic rings. The molecule has 0 radical (unpaired) electrons. The normalized spacial score (nSPS) is 14.7. The molecule has 27 heavy (non-hydrogen) atoms. The fourth-order valence-corrected chi connectivity index (χ4v) is 2.69. The van der Waals surface area contributed by atoms with Gasteiger partial charge in [0.2, 0.25) is 0 Å². The van der Waals surface area contributed by atoms with E-state index in [0.29, 0.717) is 26.3 Å². The smallest absolute Gasteiger partial charge is 0.271 e. The van der Waals surface area contributed by atoms with E-state index in [4.69, 9.17) is 4.74 Å². The van der Waals surface area contributed by atoms with Gasteiger partial charge in [0.15, 0.2) is 0 Å². The molecule has 1 aliphatic rings. The summed E-state index contributed by atoms with van der Waals surface area (Å²) in [5, 5.41) is 11.2. The van der Waals surface area contributed by atoms with Crippen LogP contribution in [0.25, 0.3) is 0 Å². The molecule has 1 aromatic carbocycles. The highest BCUT2D eigenvalue weighted by Crippen LogP contribution is 2.17. The van der Waals surface area contributed by atoms with Crippen LogP contribution in [0.4, 0.5) is 14.5 Å². The van der Waals surface area contributed by atoms with Gasteiger partial charge >= 0.3 is 0 Å². The lowest BCUT2D eigenvalue weighted by atomic mass is 10.2. The van der Waals surface area contributed by atoms with Crippen molar-refractivity contribution in [1.82, 2.24) is 20.4 Å². The number of aromatic nitrogens is 2. The van der Waals surface area contributed by atoms with E-state index >= 15 is 0 Å². The topological polar surface area (TPSA) is 99.3 Å². The molecule has 3 N–H and O–H groups in total. The predicted octanol–water partition coefficient (Wildman–Crippen LogP) is 1.00. The molecule has 1 aromatic heterocycles. The Morgan fingerprint density at radius 2 is 1.89 bits per heavy atom. The van der Waals surface area contributed by atoms with Crippen molar-refractivity contribution in [3.05, 3.63) is 47.3 Å². The second-order valence-corrected chi connectivity index (χ2v) is 5.92. The fraction of sp³-hybridized carbons (Fsp3) is 0.353. The van der Waals surface area contributed by atoms with Gasteiger partial charge in [0.25, 0.3) is 11.8 Å². The third-order valence-electron chi connectivity index (χ3n) is 4.12. The number of rotatable bonds is 6. The van der Waals surface area contributed by atoms with Gasteiger partial charge in [0.05, 0.1) is 25.1 Å². The molecular formula is C17H19F2N5O3. The Kier molecular flexibility index (Phi) is 6.09. The molecular weight excluding hydrogens is 360 g/mol. The molecule has 8 nitrogen and oxygen atoms in total. The van der Waals surface area contributed by atoms with Gasteiger partial charge in [-0.3, -0.25) is 19.6 Å². The highest BCUT2D eigenvalue weighted by atomic mass is 19.1. The Morgan fingerprint density at radius 1 is 1.19 bits per heavy atom. The third-order valence-corrected chi connectivity index (χ3v) is 4.12. The number of ether oxygens (including phenoxy) is 1. The summed E-state index contributed by atoms with van der Waals surface area (Å²) in [6, 6.07) is 3.12. The lowest BCUT2D eigenvalue weighted by Gasteiger charge is -2.26. The molecule has 3 rings (SSSR count). The minimum atomic E-state index is -1.01. The number of benzene rings is 1. The Balaban J connectivity index is 1.59. The average Bonchev–Trinajstić information content (AvgIpc) is 3.10. The van der Waals surface area contributed by atoms with Crippen LogP contribution in [0, 0.1) is 11.6 Å². The molecule has 0 spiro atoms. The summed E-state index contributed by atoms with van der Waals surface area (Å²) >= 11 is 0. The van der Waals surface area contributed by atoms with Gasteiger partial charge in [0.1, 0.15) is 22.9 Å². The lowest BCUT2D eigenvalue weighted by Crippen LogP contribution is -2.41. The Bertz CT molecular complexity index is 800. The number of nitrogens with one attached hydrogen (secondary N) is 3. The number of amides is 2. The molecule has 0 saturated carbocycles. The van der Waals surface area contributed by atoms with Gasteiger partial charge in [0, 0.05) is 26.2 Å². The van der Waals surface area contributed by atoms with Gasteiger partial charge in [-0.15, -0.1) is 0 Å². The maximum atomic E-state index is 13.7. The molecule has 1 saturated heterocycles. The second-order valence-electron chi connectivity index (χ2n) is 5.92. The Hall–Kier alpha value is -2.85. The number of carbonyl (C=O) groups is 2. The number of hydrogen-bond acceptors (Lipinski definition) is 5. The number of hydrogen-bond donors (Lipinski definition) is 3. The zero-order valence-corrected chi connectivity index (χ0v) is 14.4. The van der Waals surface area contributed by atoms with Crippen molar-refractivity contribution in [3.63, 3.8) is 0 Å². The Morgan fingerprint density at radius 3 is 2.59 bits per heavy atom. The van der Waals surface area contributed by atoms with Crippen LogP contribution in [0.15, 0.2) is 24.4 Å². The van der Waals surface area contributed by atoms with Gasteiger partial charge in [-0.2, -0.15) is 5.10 Å². The molecule has 1 aliphatic heterocycles. The molecule has 0 atom stereocenters. The molecule has 1 fully saturated rings. The first kappa shape index (κ1) is 18.9. The van der Waals surface area contributed by atoms with Crippen LogP contribution in [-0.2, 0) is 4.74 Å². The number of nitrogens with zero attached hydrogens (tertiary/aromatic N) is 2. The van der Waals surface area contributed by atoms with Crippen LogP contribution >= 0.6 is 0 Å². The number of carbonyl (C=O) groups excluding carboxylic acids is 2. The molecule has 144 valence electrons. The minimum absolute atomic E-state index is 0.00192. The molecule has 0 bridgehead atoms. The van der Waals surface area contributed by atoms with E-state index in [-0.39, 0.29) is 11.4 Å². The zero-order valence-electron chi connectivity index (χ0n) is 14.4. The fourth-order valence-electron chi connectivity index (χ4n) is 2.69. The third kappa shape index (κ3) is 4.66. The van der Waals surface area contributed by atoms with Crippen LogP contribution in [0.3, 0.4) is 0 Å². The molecule has 2 heterocycles. The van der Waals surface area contributed by atoms with Crippen LogP contribution in [-0.4, -0.2) is 66.3 Å². The highest BCUT2D eigenvalue weighted by Gasteiger charge is 2.21. The first-order chi connectivity index (χ1) is 13.1. The SMILES string of the molecule is O=C(NCCN1CCOCC1)c1[nH]ncc1NC(=O)c1c(F)cccc1F. The van der Waals surface area contributed by atoms with Gasteiger partial charge < -0.3 is 15.4 Å². The molecule has 2 amide bonds. The maximum Gasteiger partial charge on any atom is 0.271 e. The van der Waals surface area contributed by atoms with Crippen molar-refractivity contribution >= 4 is 17.5 Å². The first-order valence-corrected chi connectivity index (χ1v) is 8.43. The van der Waals surface area contributed by atoms with Crippen molar-refractivity contribution in [2.45, 2.75) is 0 Å². The second kappa shape index (κ2) is 8.69. The molecule has 0 unspecified atom stereocenters. The summed E-state index contributed by atoms with van der Waals surface area (Å²) in [5.41, 5.74) is -0.689. The van der Waals surface area contributed by atoms with Gasteiger partial charge in [-0.25, -0.2) is 8.78 Å². The zero-order chi connectivity index (χ0) is 19.2. The average molecular weight is 379 g/mol. The molecule has 0 aliphatic carbocycles. The minimum Gasteiger partial charge on any atom is -0.379 e. The van der Waals surface area contributed by atoms with Gasteiger partial charge in [-0.1, -0.05) is 6.07 Å². The van der Waals surface area contributed by atoms with Crippen molar-refractivity contribution in [1.29, 1.82) is 0 Å². The summed E-state index contributed by atoms with van der Waals surface area (Å²) < 4.78 is 32.7. The number of halogens is 2. The summed E-state index contributed by atoms with van der Waals surface area (Å²) in [7, 11) is 0. The van der Waals surface area contributed by atoms with Gasteiger partial charge in [-0.05, 0) is 12.1 Å². The van der Waals surface area contributed by atoms with E-state index in [1.54, 1.807) is 0 Å². The maximum absolute atomic E-state index is 13.7. The van der Waals surface area contributed by atoms with Crippen molar-refractivity contribution in [2.24, 2.45) is 0 Å². The number of aromatic amines is 1. The standard InChI is InChI=1S/C17H19F2N5O3/c18-11-2-1-3-12(19)14(11)16(25)22-13-10-21-23-15(13)17(26)20-4-5-24-6-8-27-9-7-24/h1-3,10H,4-9H2,(H,20,26)(H,21,23)(H,22,25). The summed E-state index contributed by atoms with van der Waals surface area (Å²) in [4.78, 5) is 26.6. The van der Waals surface area contributed by atoms with Crippen LogP contribution in [0.1, 0.15) is 20.8 Å². The predicted molar refractivity (Wildman–Crippen MR) is 92.5 cm³/mol. The van der Waals surface area contributed by atoms with Crippen LogP contribution < -0.4 is 10.6 Å². The van der Waals surface area contributed by atoms with Crippen LogP contribution in [0.5, 0.6) is 0 Å². The van der Waals surface area contributed by atoms with E-state index in [2.05, 4.69) is 25.7 Å². The Labute approximate surface area is 153 Å². The van der Waals surface area contributed by atoms with E-state index in [9.17, 15) is 18.4 Å². The van der Waals surface area contributed by atoms with E-state index in [1.807, 2.05) is 0 Å². The summed E-state index contributed by atoms with van der Waals surface area (Å²) in [6.07, 6.45) is 1.20.